The lowest BCUT2D eigenvalue weighted by atomic mass is 10.0. The molecule has 0 bridgehead atoms. The quantitative estimate of drug-likeness (QED) is 0.0711. The predicted molar refractivity (Wildman–Crippen MR) is 181 cm³/mol. The average Bonchev–Trinajstić information content (AvgIpc) is 3.11. The minimum atomic E-state index is -1.07. The lowest BCUT2D eigenvalue weighted by Crippen LogP contribution is -2.53. The van der Waals surface area contributed by atoms with Gasteiger partial charge in [0, 0.05) is 24.4 Å². The van der Waals surface area contributed by atoms with E-state index in [1.54, 1.807) is 43.5 Å². The van der Waals surface area contributed by atoms with Crippen LogP contribution in [0.3, 0.4) is 0 Å². The van der Waals surface area contributed by atoms with Crippen molar-refractivity contribution in [3.05, 3.63) is 95.4 Å². The number of esters is 2. The van der Waals surface area contributed by atoms with Crippen LogP contribution in [0.4, 0.5) is 5.82 Å². The molecule has 13 nitrogen and oxygen atoms in total. The molecule has 0 aliphatic heterocycles. The van der Waals surface area contributed by atoms with Gasteiger partial charge in [-0.3, -0.25) is 14.4 Å². The fourth-order valence-electron chi connectivity index (χ4n) is 4.39. The first-order valence-corrected chi connectivity index (χ1v) is 16.6. The molecule has 0 radical (unpaired) electrons. The molecule has 48 heavy (non-hydrogen) atoms. The van der Waals surface area contributed by atoms with Gasteiger partial charge in [-0.1, -0.05) is 80.1 Å². The number of rotatable bonds is 17. The number of ether oxygens (including phenoxy) is 2. The van der Waals surface area contributed by atoms with Crippen molar-refractivity contribution in [2.75, 3.05) is 25.3 Å². The highest BCUT2D eigenvalue weighted by Crippen LogP contribution is 2.18. The van der Waals surface area contributed by atoms with Crippen LogP contribution in [0.15, 0.2) is 83.9 Å². The van der Waals surface area contributed by atoms with E-state index in [0.717, 1.165) is 12.0 Å². The van der Waals surface area contributed by atoms with E-state index in [4.69, 9.17) is 9.47 Å². The van der Waals surface area contributed by atoms with Crippen molar-refractivity contribution in [2.24, 2.45) is 0 Å². The van der Waals surface area contributed by atoms with E-state index in [9.17, 15) is 24.0 Å². The Balaban J connectivity index is 1.93. The summed E-state index contributed by atoms with van der Waals surface area (Å²) in [6, 6.07) is 15.3. The second kappa shape index (κ2) is 19.4. The normalized spacial score (nSPS) is 12.2. The minimum Gasteiger partial charge on any atom is -0.467 e. The van der Waals surface area contributed by atoms with E-state index in [1.807, 2.05) is 37.3 Å². The number of methoxy groups -OCH3 is 1. The van der Waals surface area contributed by atoms with Gasteiger partial charge in [-0.2, -0.15) is 0 Å². The zero-order chi connectivity index (χ0) is 34.9. The molecule has 4 N–H and O–H groups in total. The molecule has 0 saturated carbocycles. The number of nitrogens with zero attached hydrogens (tertiary/aromatic N) is 2. The third kappa shape index (κ3) is 11.2. The number of benzene rings is 2. The highest BCUT2D eigenvalue weighted by molar-refractivity contribution is 7.98. The van der Waals surface area contributed by atoms with Crippen molar-refractivity contribution in [2.45, 2.75) is 56.8 Å². The SMILES string of the molecule is CCCCC(NC(=O)/C(=C/Nc1nc(SC)ncc1C(=O)OCC)NC(=O)c1ccccc1)C(=O)N[C@@H](Cc1ccccc1)C(=O)OC. The molecule has 0 aliphatic carbocycles. The van der Waals surface area contributed by atoms with Gasteiger partial charge < -0.3 is 30.7 Å². The lowest BCUT2D eigenvalue weighted by Gasteiger charge is -2.23. The fourth-order valence-corrected chi connectivity index (χ4v) is 4.73. The molecule has 0 aliphatic rings. The summed E-state index contributed by atoms with van der Waals surface area (Å²) in [5, 5.41) is 11.2. The summed E-state index contributed by atoms with van der Waals surface area (Å²) in [6.45, 7) is 3.71. The molecule has 14 heteroatoms. The topological polar surface area (TPSA) is 178 Å². The van der Waals surface area contributed by atoms with E-state index in [2.05, 4.69) is 31.2 Å². The summed E-state index contributed by atoms with van der Waals surface area (Å²) in [4.78, 5) is 74.2. The van der Waals surface area contributed by atoms with Crippen LogP contribution < -0.4 is 21.3 Å². The number of thioether (sulfide) groups is 1. The van der Waals surface area contributed by atoms with Crippen LogP contribution in [0.25, 0.3) is 0 Å². The minimum absolute atomic E-state index is 0.00696. The van der Waals surface area contributed by atoms with Crippen LogP contribution in [0.5, 0.6) is 0 Å². The molecular formula is C34H40N6O7S. The number of unbranched alkanes of at least 4 members (excludes halogenated alkanes) is 1. The fraction of sp³-hybridized carbons (Fsp3) is 0.324. The van der Waals surface area contributed by atoms with Crippen LogP contribution in [-0.4, -0.2) is 71.7 Å². The zero-order valence-electron chi connectivity index (χ0n) is 27.3. The molecule has 1 aromatic heterocycles. The van der Waals surface area contributed by atoms with Gasteiger partial charge in [-0.05, 0) is 37.3 Å². The van der Waals surface area contributed by atoms with Crippen LogP contribution in [0.2, 0.25) is 0 Å². The highest BCUT2D eigenvalue weighted by atomic mass is 32.2. The molecule has 254 valence electrons. The molecule has 2 aromatic carbocycles. The zero-order valence-corrected chi connectivity index (χ0v) is 28.1. The van der Waals surface area contributed by atoms with Crippen LogP contribution in [0.1, 0.15) is 59.4 Å². The lowest BCUT2D eigenvalue weighted by molar-refractivity contribution is -0.145. The summed E-state index contributed by atoms with van der Waals surface area (Å²) in [7, 11) is 1.23. The van der Waals surface area contributed by atoms with Crippen LogP contribution in [0, 0.1) is 0 Å². The Kier molecular flexibility index (Phi) is 15.1. The van der Waals surface area contributed by atoms with Gasteiger partial charge in [0.15, 0.2) is 5.16 Å². The molecule has 1 unspecified atom stereocenters. The monoisotopic (exact) mass is 676 g/mol. The summed E-state index contributed by atoms with van der Waals surface area (Å²) in [5.41, 5.74) is 0.814. The van der Waals surface area contributed by atoms with Gasteiger partial charge in [0.05, 0.1) is 13.7 Å². The largest absolute Gasteiger partial charge is 0.467 e. The predicted octanol–water partition coefficient (Wildman–Crippen LogP) is 3.63. The van der Waals surface area contributed by atoms with Gasteiger partial charge >= 0.3 is 11.9 Å². The number of aromatic nitrogens is 2. The molecule has 3 rings (SSSR count). The number of anilines is 1. The summed E-state index contributed by atoms with van der Waals surface area (Å²) in [6.07, 6.45) is 5.95. The van der Waals surface area contributed by atoms with Gasteiger partial charge in [0.25, 0.3) is 11.8 Å². The van der Waals surface area contributed by atoms with Crippen molar-refractivity contribution >= 4 is 47.2 Å². The molecule has 3 aromatic rings. The maximum Gasteiger partial charge on any atom is 0.343 e. The molecular weight excluding hydrogens is 636 g/mol. The maximum absolute atomic E-state index is 13.8. The molecule has 0 spiro atoms. The Morgan fingerprint density at radius 3 is 2.25 bits per heavy atom. The van der Waals surface area contributed by atoms with E-state index in [-0.39, 0.29) is 42.1 Å². The summed E-state index contributed by atoms with van der Waals surface area (Å²) >= 11 is 1.23. The Bertz CT molecular complexity index is 1590. The number of hydrogen-bond acceptors (Lipinski definition) is 11. The smallest absolute Gasteiger partial charge is 0.343 e. The number of hydrogen-bond donors (Lipinski definition) is 4. The Morgan fingerprint density at radius 1 is 0.938 bits per heavy atom. The first kappa shape index (κ1) is 37.2. The Hall–Kier alpha value is -5.24. The van der Waals surface area contributed by atoms with Crippen LogP contribution >= 0.6 is 11.8 Å². The summed E-state index contributed by atoms with van der Waals surface area (Å²) < 4.78 is 10.0. The Morgan fingerprint density at radius 2 is 1.62 bits per heavy atom. The van der Waals surface area contributed by atoms with E-state index >= 15 is 0 Å². The average molecular weight is 677 g/mol. The number of amides is 3. The van der Waals surface area contributed by atoms with Crippen molar-refractivity contribution in [1.29, 1.82) is 0 Å². The van der Waals surface area contributed by atoms with Crippen molar-refractivity contribution in [1.82, 2.24) is 25.9 Å². The molecule has 1 heterocycles. The van der Waals surface area contributed by atoms with Crippen molar-refractivity contribution < 1.29 is 33.4 Å². The third-order valence-corrected chi connectivity index (χ3v) is 7.44. The van der Waals surface area contributed by atoms with Crippen LogP contribution in [-0.2, 0) is 30.3 Å². The number of carbonyl (C=O) groups is 5. The van der Waals surface area contributed by atoms with Gasteiger partial charge in [-0.15, -0.1) is 0 Å². The van der Waals surface area contributed by atoms with Gasteiger partial charge in [-0.25, -0.2) is 19.6 Å². The van der Waals surface area contributed by atoms with E-state index in [0.29, 0.717) is 11.6 Å². The summed E-state index contributed by atoms with van der Waals surface area (Å²) in [5.74, 6) is -3.30. The maximum atomic E-state index is 13.8. The van der Waals surface area contributed by atoms with Gasteiger partial charge in [0.1, 0.15) is 29.2 Å². The first-order chi connectivity index (χ1) is 23.2. The Labute approximate surface area is 283 Å². The number of nitrogens with one attached hydrogen (secondary N) is 4. The van der Waals surface area contributed by atoms with Crippen molar-refractivity contribution in [3.8, 4) is 0 Å². The second-order valence-corrected chi connectivity index (χ2v) is 11.1. The number of carbonyl (C=O) groups excluding carboxylic acids is 5. The molecule has 2 atom stereocenters. The molecule has 0 fully saturated rings. The van der Waals surface area contributed by atoms with Crippen molar-refractivity contribution in [3.63, 3.8) is 0 Å². The first-order valence-electron chi connectivity index (χ1n) is 15.3. The van der Waals surface area contributed by atoms with Gasteiger partial charge in [0.2, 0.25) is 5.91 Å². The molecule has 3 amide bonds. The van der Waals surface area contributed by atoms with E-state index in [1.165, 1.54) is 31.3 Å². The third-order valence-electron chi connectivity index (χ3n) is 6.88. The highest BCUT2D eigenvalue weighted by Gasteiger charge is 2.29. The standard InChI is InChI=1S/C34H40N6O7S/c1-5-7-18-25(30(42)38-26(33(45)46-3)19-22-14-10-8-11-15-22)37-31(43)27(39-29(41)23-16-12-9-13-17-23)21-35-28-24(32(44)47-6-2)20-36-34(40-28)48-4/h8-17,20-21,25-26H,5-7,18-19H2,1-4H3,(H,37,43)(H,38,42)(H,39,41)(H,35,36,40)/b27-21-/t25?,26-/m0/s1. The second-order valence-electron chi connectivity index (χ2n) is 10.3. The molecule has 0 saturated heterocycles. The van der Waals surface area contributed by atoms with E-state index < -0.39 is 41.7 Å².